The zero-order chi connectivity index (χ0) is 19.7. The number of carbonyl (C=O) groups is 1. The molecule has 0 atom stereocenters. The van der Waals surface area contributed by atoms with Gasteiger partial charge in [0.1, 0.15) is 0 Å². The highest BCUT2D eigenvalue weighted by atomic mass is 35.5. The Bertz CT molecular complexity index is 1160. The fraction of sp³-hybridized carbons (Fsp3) is 0.190. The lowest BCUT2D eigenvalue weighted by molar-refractivity contribution is 0.0794. The van der Waals surface area contributed by atoms with Crippen LogP contribution in [0.25, 0.3) is 10.8 Å². The molecule has 0 unspecified atom stereocenters. The van der Waals surface area contributed by atoms with Gasteiger partial charge in [0.15, 0.2) is 0 Å². The van der Waals surface area contributed by atoms with Gasteiger partial charge in [-0.1, -0.05) is 41.9 Å². The number of anilines is 1. The quantitative estimate of drug-likeness (QED) is 0.682. The van der Waals surface area contributed by atoms with Gasteiger partial charge in [0.2, 0.25) is 0 Å². The lowest BCUT2D eigenvalue weighted by atomic mass is 10.1. The number of nitrogens with one attached hydrogen (secondary N) is 1. The van der Waals surface area contributed by atoms with E-state index in [0.29, 0.717) is 23.7 Å². The minimum Gasteiger partial charge on any atom is -0.339 e. The first kappa shape index (κ1) is 18.8. The molecule has 3 aromatic rings. The van der Waals surface area contributed by atoms with E-state index < -0.39 is 10.0 Å². The number of nitrogens with zero attached hydrogens (tertiary/aromatic N) is 1. The Morgan fingerprint density at radius 1 is 0.929 bits per heavy atom. The SMILES string of the molecule is O=C(c1ccc(Cl)cc1NS(=O)(=O)c1ccc2ccccc2c1)N1CCCC1. The van der Waals surface area contributed by atoms with E-state index in [4.69, 9.17) is 11.6 Å². The molecular weight excluding hydrogens is 396 g/mol. The molecule has 0 aromatic heterocycles. The van der Waals surface area contributed by atoms with E-state index in [0.717, 1.165) is 23.6 Å². The molecule has 1 saturated heterocycles. The molecule has 0 aliphatic carbocycles. The van der Waals surface area contributed by atoms with Gasteiger partial charge in [-0.15, -0.1) is 0 Å². The van der Waals surface area contributed by atoms with Gasteiger partial charge in [-0.25, -0.2) is 8.42 Å². The molecule has 28 heavy (non-hydrogen) atoms. The second-order valence-electron chi connectivity index (χ2n) is 6.80. The van der Waals surface area contributed by atoms with Crippen molar-refractivity contribution in [3.63, 3.8) is 0 Å². The summed E-state index contributed by atoms with van der Waals surface area (Å²) in [7, 11) is -3.88. The molecule has 144 valence electrons. The molecule has 0 radical (unpaired) electrons. The maximum atomic E-state index is 13.0. The maximum Gasteiger partial charge on any atom is 0.261 e. The zero-order valence-corrected chi connectivity index (χ0v) is 16.6. The summed E-state index contributed by atoms with van der Waals surface area (Å²) in [4.78, 5) is 14.7. The molecule has 4 rings (SSSR count). The van der Waals surface area contributed by atoms with Gasteiger partial charge in [-0.05, 0) is 53.9 Å². The van der Waals surface area contributed by atoms with Gasteiger partial charge in [0.05, 0.1) is 16.1 Å². The molecule has 1 heterocycles. The van der Waals surface area contributed by atoms with E-state index in [2.05, 4.69) is 4.72 Å². The lowest BCUT2D eigenvalue weighted by Crippen LogP contribution is -2.28. The number of fused-ring (bicyclic) bond motifs is 1. The first-order chi connectivity index (χ1) is 13.4. The topological polar surface area (TPSA) is 66.5 Å². The molecule has 0 bridgehead atoms. The molecular formula is C21H19ClN2O3S. The predicted octanol–water partition coefficient (Wildman–Crippen LogP) is 4.53. The van der Waals surface area contributed by atoms with Crippen molar-refractivity contribution in [1.82, 2.24) is 4.90 Å². The van der Waals surface area contributed by atoms with Crippen LogP contribution in [0.1, 0.15) is 23.2 Å². The number of sulfonamides is 1. The number of hydrogen-bond donors (Lipinski definition) is 1. The number of hydrogen-bond acceptors (Lipinski definition) is 3. The maximum absolute atomic E-state index is 13.0. The number of benzene rings is 3. The normalized spacial score (nSPS) is 14.4. The van der Waals surface area contributed by atoms with E-state index >= 15 is 0 Å². The number of rotatable bonds is 4. The minimum atomic E-state index is -3.88. The Morgan fingerprint density at radius 2 is 1.64 bits per heavy atom. The van der Waals surface area contributed by atoms with Crippen LogP contribution in [0.2, 0.25) is 5.02 Å². The van der Waals surface area contributed by atoms with Crippen LogP contribution >= 0.6 is 11.6 Å². The molecule has 1 aliphatic rings. The smallest absolute Gasteiger partial charge is 0.261 e. The van der Waals surface area contributed by atoms with Gasteiger partial charge in [0.25, 0.3) is 15.9 Å². The Labute approximate surface area is 169 Å². The predicted molar refractivity (Wildman–Crippen MR) is 111 cm³/mol. The van der Waals surface area contributed by atoms with E-state index in [9.17, 15) is 13.2 Å². The summed E-state index contributed by atoms with van der Waals surface area (Å²) in [5.74, 6) is -0.189. The third kappa shape index (κ3) is 3.70. The van der Waals surface area contributed by atoms with Crippen molar-refractivity contribution in [2.45, 2.75) is 17.7 Å². The van der Waals surface area contributed by atoms with Crippen molar-refractivity contribution in [2.75, 3.05) is 17.8 Å². The summed E-state index contributed by atoms with van der Waals surface area (Å²) in [5, 5.41) is 2.13. The van der Waals surface area contributed by atoms with Gasteiger partial charge in [0, 0.05) is 18.1 Å². The molecule has 5 nitrogen and oxygen atoms in total. The second kappa shape index (κ2) is 7.45. The average Bonchev–Trinajstić information content (AvgIpc) is 3.22. The number of halogens is 1. The van der Waals surface area contributed by atoms with Gasteiger partial charge >= 0.3 is 0 Å². The summed E-state index contributed by atoms with van der Waals surface area (Å²) < 4.78 is 28.5. The standard InChI is InChI=1S/C21H19ClN2O3S/c22-17-8-10-19(21(25)24-11-3-4-12-24)20(14-17)23-28(26,27)18-9-7-15-5-1-2-6-16(15)13-18/h1-2,5-10,13-14,23H,3-4,11-12H2. The van der Waals surface area contributed by atoms with Crippen LogP contribution in [0.3, 0.4) is 0 Å². The zero-order valence-electron chi connectivity index (χ0n) is 15.1. The highest BCUT2D eigenvalue weighted by Crippen LogP contribution is 2.27. The molecule has 7 heteroatoms. The third-order valence-electron chi connectivity index (χ3n) is 4.88. The van der Waals surface area contributed by atoms with E-state index in [1.807, 2.05) is 24.3 Å². The molecule has 1 fully saturated rings. The van der Waals surface area contributed by atoms with Crippen LogP contribution in [0.4, 0.5) is 5.69 Å². The van der Waals surface area contributed by atoms with E-state index in [1.165, 1.54) is 6.07 Å². The van der Waals surface area contributed by atoms with E-state index in [1.54, 1.807) is 35.2 Å². The number of amides is 1. The highest BCUT2D eigenvalue weighted by Gasteiger charge is 2.24. The molecule has 1 aliphatic heterocycles. The molecule has 0 spiro atoms. The van der Waals surface area contributed by atoms with Crippen molar-refractivity contribution >= 4 is 44.0 Å². The third-order valence-corrected chi connectivity index (χ3v) is 6.48. The van der Waals surface area contributed by atoms with Crippen LogP contribution in [0.5, 0.6) is 0 Å². The second-order valence-corrected chi connectivity index (χ2v) is 8.92. The van der Waals surface area contributed by atoms with Gasteiger partial charge in [-0.2, -0.15) is 0 Å². The largest absolute Gasteiger partial charge is 0.339 e. The first-order valence-electron chi connectivity index (χ1n) is 9.04. The van der Waals surface area contributed by atoms with Crippen LogP contribution < -0.4 is 4.72 Å². The monoisotopic (exact) mass is 414 g/mol. The summed E-state index contributed by atoms with van der Waals surface area (Å²) in [6.45, 7) is 1.36. The highest BCUT2D eigenvalue weighted by molar-refractivity contribution is 7.92. The summed E-state index contributed by atoms with van der Waals surface area (Å²) in [5.41, 5.74) is 0.494. The van der Waals surface area contributed by atoms with Crippen LogP contribution in [0, 0.1) is 0 Å². The Balaban J connectivity index is 1.70. The molecule has 1 N–H and O–H groups in total. The molecule has 3 aromatic carbocycles. The Kier molecular flexibility index (Phi) is 5.00. The number of carbonyl (C=O) groups excluding carboxylic acids is 1. The fourth-order valence-corrected chi connectivity index (χ4v) is 4.69. The summed E-state index contributed by atoms with van der Waals surface area (Å²) >= 11 is 6.07. The Hall–Kier alpha value is -2.57. The van der Waals surface area contributed by atoms with Crippen LogP contribution in [0.15, 0.2) is 65.6 Å². The van der Waals surface area contributed by atoms with Crippen molar-refractivity contribution < 1.29 is 13.2 Å². The minimum absolute atomic E-state index is 0.130. The van der Waals surface area contributed by atoms with E-state index in [-0.39, 0.29) is 16.5 Å². The summed E-state index contributed by atoms with van der Waals surface area (Å²) in [6.07, 6.45) is 1.91. The number of likely N-dealkylation sites (tertiary alicyclic amines) is 1. The van der Waals surface area contributed by atoms with Crippen molar-refractivity contribution in [3.05, 3.63) is 71.2 Å². The average molecular weight is 415 g/mol. The van der Waals surface area contributed by atoms with Crippen molar-refractivity contribution in [2.24, 2.45) is 0 Å². The van der Waals surface area contributed by atoms with Crippen molar-refractivity contribution in [3.8, 4) is 0 Å². The fourth-order valence-electron chi connectivity index (χ4n) is 3.42. The van der Waals surface area contributed by atoms with Crippen molar-refractivity contribution in [1.29, 1.82) is 0 Å². The van der Waals surface area contributed by atoms with Crippen LogP contribution in [-0.4, -0.2) is 32.3 Å². The Morgan fingerprint density at radius 3 is 2.39 bits per heavy atom. The molecule has 0 saturated carbocycles. The first-order valence-corrected chi connectivity index (χ1v) is 10.9. The van der Waals surface area contributed by atoms with Gasteiger partial charge in [-0.3, -0.25) is 9.52 Å². The van der Waals surface area contributed by atoms with Crippen LogP contribution in [-0.2, 0) is 10.0 Å². The molecule has 1 amide bonds. The lowest BCUT2D eigenvalue weighted by Gasteiger charge is -2.18. The van der Waals surface area contributed by atoms with Gasteiger partial charge < -0.3 is 4.90 Å². The summed E-state index contributed by atoms with van der Waals surface area (Å²) in [6, 6.07) is 17.1.